The first kappa shape index (κ1) is 15.9. The monoisotopic (exact) mass is 291 g/mol. The van der Waals surface area contributed by atoms with Crippen molar-refractivity contribution in [1.82, 2.24) is 0 Å². The fraction of sp³-hybridized carbons (Fsp3) is 0.429. The van der Waals surface area contributed by atoms with Gasteiger partial charge in [0.25, 0.3) is 0 Å². The van der Waals surface area contributed by atoms with Crippen LogP contribution in [-0.4, -0.2) is 11.7 Å². The zero-order valence-electron chi connectivity index (χ0n) is 11.1. The van der Waals surface area contributed by atoms with Crippen LogP contribution >= 0.6 is 11.6 Å². The van der Waals surface area contributed by atoms with Crippen molar-refractivity contribution in [3.63, 3.8) is 0 Å². The van der Waals surface area contributed by atoms with E-state index in [-0.39, 0.29) is 11.6 Å². The Balaban J connectivity index is 3.08. The van der Waals surface area contributed by atoms with E-state index in [0.717, 1.165) is 12.5 Å². The molecule has 0 saturated carbocycles. The first-order valence-corrected chi connectivity index (χ1v) is 6.34. The molecule has 0 bridgehead atoms. The van der Waals surface area contributed by atoms with Crippen LogP contribution in [0.4, 0.5) is 18.9 Å². The minimum Gasteiger partial charge on any atom is -0.380 e. The number of anilines is 1. The Bertz CT molecular complexity index is 464. The molecule has 0 aliphatic carbocycles. The van der Waals surface area contributed by atoms with E-state index in [0.29, 0.717) is 16.3 Å². The van der Waals surface area contributed by atoms with Crippen LogP contribution in [0.3, 0.4) is 0 Å². The van der Waals surface area contributed by atoms with Gasteiger partial charge < -0.3 is 5.32 Å². The third-order valence-electron chi connectivity index (χ3n) is 2.82. The summed E-state index contributed by atoms with van der Waals surface area (Å²) in [5.41, 5.74) is 0.859. The largest absolute Gasteiger partial charge is 0.409 e. The summed E-state index contributed by atoms with van der Waals surface area (Å²) >= 11 is 5.83. The number of alkyl halides is 3. The molecule has 0 saturated heterocycles. The second-order valence-corrected chi connectivity index (χ2v) is 5.41. The molecule has 0 fully saturated rings. The van der Waals surface area contributed by atoms with Crippen LogP contribution < -0.4 is 5.32 Å². The summed E-state index contributed by atoms with van der Waals surface area (Å²) in [5.74, 6) is 0. The highest BCUT2D eigenvalue weighted by Gasteiger charge is 2.22. The van der Waals surface area contributed by atoms with Crippen molar-refractivity contribution in [2.45, 2.75) is 38.9 Å². The van der Waals surface area contributed by atoms with Gasteiger partial charge in [-0.2, -0.15) is 13.2 Å². The average Bonchev–Trinajstić information content (AvgIpc) is 2.28. The number of rotatable bonds is 4. The zero-order valence-corrected chi connectivity index (χ0v) is 11.9. The van der Waals surface area contributed by atoms with Crippen LogP contribution in [0.15, 0.2) is 24.3 Å². The Morgan fingerprint density at radius 3 is 2.42 bits per heavy atom. The Morgan fingerprint density at radius 1 is 1.26 bits per heavy atom. The molecular weight excluding hydrogens is 275 g/mol. The predicted molar refractivity (Wildman–Crippen MR) is 74.5 cm³/mol. The number of nitrogens with one attached hydrogen (secondary N) is 1. The molecule has 5 heteroatoms. The number of hydrogen-bond donors (Lipinski definition) is 1. The van der Waals surface area contributed by atoms with Crippen molar-refractivity contribution in [2.75, 3.05) is 5.32 Å². The van der Waals surface area contributed by atoms with E-state index < -0.39 is 6.18 Å². The number of hydrogen-bond acceptors (Lipinski definition) is 1. The number of benzene rings is 1. The minimum atomic E-state index is -4.33. The highest BCUT2D eigenvalue weighted by molar-refractivity contribution is 6.30. The maximum atomic E-state index is 12.2. The van der Waals surface area contributed by atoms with Crippen molar-refractivity contribution in [1.29, 1.82) is 0 Å². The first-order valence-electron chi connectivity index (χ1n) is 5.97. The highest BCUT2D eigenvalue weighted by atomic mass is 35.5. The van der Waals surface area contributed by atoms with Gasteiger partial charge in [-0.15, -0.1) is 0 Å². The van der Waals surface area contributed by atoms with Gasteiger partial charge in [-0.1, -0.05) is 18.5 Å². The van der Waals surface area contributed by atoms with E-state index in [4.69, 9.17) is 11.6 Å². The molecule has 1 rings (SSSR count). The summed E-state index contributed by atoms with van der Waals surface area (Å²) in [6.07, 6.45) is -2.25. The lowest BCUT2D eigenvalue weighted by atomic mass is 10.0. The minimum absolute atomic E-state index is 0.200. The van der Waals surface area contributed by atoms with Crippen molar-refractivity contribution in [2.24, 2.45) is 0 Å². The predicted octanol–water partition coefficient (Wildman–Crippen LogP) is 5.52. The summed E-state index contributed by atoms with van der Waals surface area (Å²) in [6.45, 7) is 5.98. The van der Waals surface area contributed by atoms with E-state index in [1.54, 1.807) is 12.1 Å². The molecule has 0 unspecified atom stereocenters. The summed E-state index contributed by atoms with van der Waals surface area (Å²) in [5, 5.41) is 3.63. The third kappa shape index (κ3) is 5.55. The maximum Gasteiger partial charge on any atom is 0.409 e. The van der Waals surface area contributed by atoms with Gasteiger partial charge >= 0.3 is 6.18 Å². The SMILES string of the molecule is CCC(C)(C)Nc1ccc(Cl)cc1/C=C/C(F)(F)F. The topological polar surface area (TPSA) is 12.0 Å². The van der Waals surface area contributed by atoms with Crippen molar-refractivity contribution in [3.05, 3.63) is 34.9 Å². The van der Waals surface area contributed by atoms with Gasteiger partial charge in [0.15, 0.2) is 0 Å². The quantitative estimate of drug-likeness (QED) is 0.770. The van der Waals surface area contributed by atoms with E-state index in [9.17, 15) is 13.2 Å². The molecule has 0 amide bonds. The summed E-state index contributed by atoms with van der Waals surface area (Å²) < 4.78 is 36.7. The van der Waals surface area contributed by atoms with Gasteiger partial charge in [-0.25, -0.2) is 0 Å². The van der Waals surface area contributed by atoms with Gasteiger partial charge in [0, 0.05) is 22.3 Å². The second-order valence-electron chi connectivity index (χ2n) is 4.97. The molecule has 0 aliphatic heterocycles. The van der Waals surface area contributed by atoms with Gasteiger partial charge in [0.2, 0.25) is 0 Å². The standard InChI is InChI=1S/C14H17ClF3N/c1-4-13(2,3)19-12-6-5-11(15)9-10(12)7-8-14(16,17)18/h5-9,19H,4H2,1-3H3/b8-7+. The lowest BCUT2D eigenvalue weighted by Crippen LogP contribution is -2.29. The van der Waals surface area contributed by atoms with Crippen LogP contribution in [0.1, 0.15) is 32.8 Å². The molecule has 0 radical (unpaired) electrons. The van der Waals surface area contributed by atoms with Gasteiger partial charge in [-0.05, 0) is 50.1 Å². The summed E-state index contributed by atoms with van der Waals surface area (Å²) in [7, 11) is 0. The lowest BCUT2D eigenvalue weighted by Gasteiger charge is -2.27. The van der Waals surface area contributed by atoms with Crippen LogP contribution in [-0.2, 0) is 0 Å². The molecule has 1 nitrogen and oxygen atoms in total. The smallest absolute Gasteiger partial charge is 0.380 e. The summed E-state index contributed by atoms with van der Waals surface area (Å²) in [6, 6.07) is 4.86. The molecule has 0 aliphatic rings. The van der Waals surface area contributed by atoms with Gasteiger partial charge in [0.1, 0.15) is 0 Å². The molecule has 1 aromatic carbocycles. The van der Waals surface area contributed by atoms with Crippen molar-refractivity contribution < 1.29 is 13.2 Å². The van der Waals surface area contributed by atoms with Crippen molar-refractivity contribution >= 4 is 23.4 Å². The van der Waals surface area contributed by atoms with E-state index >= 15 is 0 Å². The normalized spacial score (nSPS) is 13.0. The third-order valence-corrected chi connectivity index (χ3v) is 3.06. The fourth-order valence-corrected chi connectivity index (χ4v) is 1.60. The van der Waals surface area contributed by atoms with Crippen LogP contribution in [0.2, 0.25) is 5.02 Å². The van der Waals surface area contributed by atoms with Gasteiger partial charge in [-0.3, -0.25) is 0 Å². The first-order chi connectivity index (χ1) is 8.63. The summed E-state index contributed by atoms with van der Waals surface area (Å²) in [4.78, 5) is 0. The van der Waals surface area contributed by atoms with E-state index in [1.165, 1.54) is 6.07 Å². The van der Waals surface area contributed by atoms with Gasteiger partial charge in [0.05, 0.1) is 0 Å². The zero-order chi connectivity index (χ0) is 14.7. The molecule has 0 aromatic heterocycles. The fourth-order valence-electron chi connectivity index (χ4n) is 1.42. The number of halogens is 4. The molecule has 0 spiro atoms. The molecule has 1 aromatic rings. The van der Waals surface area contributed by atoms with Crippen molar-refractivity contribution in [3.8, 4) is 0 Å². The second kappa shape index (κ2) is 5.87. The highest BCUT2D eigenvalue weighted by Crippen LogP contribution is 2.27. The van der Waals surface area contributed by atoms with Crippen LogP contribution in [0.25, 0.3) is 6.08 Å². The van der Waals surface area contributed by atoms with Crippen LogP contribution in [0.5, 0.6) is 0 Å². The van der Waals surface area contributed by atoms with E-state index in [1.807, 2.05) is 20.8 Å². The molecule has 106 valence electrons. The average molecular weight is 292 g/mol. The molecule has 1 N–H and O–H groups in total. The molecule has 0 heterocycles. The van der Waals surface area contributed by atoms with E-state index in [2.05, 4.69) is 5.32 Å². The van der Waals surface area contributed by atoms with Crippen LogP contribution in [0, 0.1) is 0 Å². The Kier molecular flexibility index (Phi) is 4.91. The number of allylic oxidation sites excluding steroid dienone is 1. The Hall–Kier alpha value is -1.16. The Morgan fingerprint density at radius 2 is 1.89 bits per heavy atom. The Labute approximate surface area is 116 Å². The molecular formula is C14H17ClF3N. The maximum absolute atomic E-state index is 12.2. The lowest BCUT2D eigenvalue weighted by molar-refractivity contribution is -0.0790. The molecule has 0 atom stereocenters. The molecule has 19 heavy (non-hydrogen) atoms.